The molecule has 1 rings (SSSR count). The molecule has 0 aromatic carbocycles. The Morgan fingerprint density at radius 3 is 2.45 bits per heavy atom. The summed E-state index contributed by atoms with van der Waals surface area (Å²) in [6.45, 7) is 12.4. The van der Waals surface area contributed by atoms with Gasteiger partial charge in [-0.05, 0) is 49.5 Å². The highest BCUT2D eigenvalue weighted by atomic mass is 32.1. The smallest absolute Gasteiger partial charge is 0.530 e. The van der Waals surface area contributed by atoms with Crippen molar-refractivity contribution in [3.63, 3.8) is 0 Å². The van der Waals surface area contributed by atoms with Crippen molar-refractivity contribution in [3.8, 4) is 5.06 Å². The van der Waals surface area contributed by atoms with Crippen LogP contribution in [0, 0.1) is 0 Å². The summed E-state index contributed by atoms with van der Waals surface area (Å²) in [4.78, 5) is 1.31. The van der Waals surface area contributed by atoms with Crippen molar-refractivity contribution in [1.29, 1.82) is 0 Å². The van der Waals surface area contributed by atoms with Crippen molar-refractivity contribution in [1.82, 2.24) is 0 Å². The van der Waals surface area contributed by atoms with Crippen LogP contribution in [0.5, 0.6) is 5.06 Å². The Hall–Kier alpha value is -0.298. The van der Waals surface area contributed by atoms with Gasteiger partial charge in [0.25, 0.3) is 0 Å². The molecule has 3 nitrogen and oxygen atoms in total. The van der Waals surface area contributed by atoms with Crippen LogP contribution >= 0.6 is 11.3 Å². The average molecular weight is 341 g/mol. The van der Waals surface area contributed by atoms with E-state index in [9.17, 15) is 0 Å². The summed E-state index contributed by atoms with van der Waals surface area (Å²) in [5, 5.41) is 9.64. The highest BCUT2D eigenvalue weighted by molar-refractivity contribution is 7.13. The molecule has 0 amide bonds. The molecule has 1 N–H and O–H groups in total. The van der Waals surface area contributed by atoms with Gasteiger partial charge in [-0.3, -0.25) is 0 Å². The van der Waals surface area contributed by atoms with Gasteiger partial charge in [-0.1, -0.05) is 33.6 Å². The first-order chi connectivity index (χ1) is 10.3. The second-order valence-electron chi connectivity index (χ2n) is 7.22. The Labute approximate surface area is 141 Å². The van der Waals surface area contributed by atoms with Gasteiger partial charge >= 0.3 is 7.69 Å². The maximum atomic E-state index is 8.58. The monoisotopic (exact) mass is 341 g/mol. The molecule has 0 aliphatic heterocycles. The van der Waals surface area contributed by atoms with Gasteiger partial charge in [-0.25, -0.2) is 0 Å². The molecule has 1 aromatic heterocycles. The Bertz CT molecular complexity index is 429. The third-order valence-electron chi connectivity index (χ3n) is 4.39. The lowest BCUT2D eigenvalue weighted by molar-refractivity contribution is 0.277. The fraction of sp³-hybridized carbons (Fsp3) is 0.750. The Morgan fingerprint density at radius 2 is 1.82 bits per heavy atom. The number of hydrogen-bond donors (Lipinski definition) is 1. The highest BCUT2D eigenvalue weighted by Gasteiger charge is 2.36. The summed E-state index contributed by atoms with van der Waals surface area (Å²) in [5.74, 6) is 0. The van der Waals surface area contributed by atoms with Crippen molar-refractivity contribution in [2.45, 2.75) is 71.0 Å². The van der Waals surface area contributed by atoms with Gasteiger partial charge in [0.05, 0.1) is 0 Å². The number of hydrogen-bond acceptors (Lipinski definition) is 4. The minimum atomic E-state index is -1.57. The van der Waals surface area contributed by atoms with Gasteiger partial charge in [0.1, 0.15) is 0 Å². The number of aryl methyl sites for hydroxylation is 1. The lowest BCUT2D eigenvalue weighted by atomic mass is 10.1. The van der Waals surface area contributed by atoms with E-state index in [1.165, 1.54) is 24.1 Å². The summed E-state index contributed by atoms with van der Waals surface area (Å²) in [7, 11) is -0.833. The molecule has 0 saturated heterocycles. The van der Waals surface area contributed by atoms with Gasteiger partial charge in [-0.2, -0.15) is 0 Å². The zero-order valence-electron chi connectivity index (χ0n) is 14.6. The van der Waals surface area contributed by atoms with E-state index in [4.69, 9.17) is 14.1 Å². The molecular weight excluding hydrogens is 311 g/mol. The van der Waals surface area contributed by atoms with Crippen LogP contribution in [-0.2, 0) is 10.8 Å². The summed E-state index contributed by atoms with van der Waals surface area (Å²) in [6, 6.07) is 3.98. The molecule has 0 bridgehead atoms. The van der Waals surface area contributed by atoms with E-state index in [2.05, 4.69) is 39.9 Å². The number of unbranched alkanes of at least 4 members (excludes halogenated alkanes) is 3. The number of rotatable bonds is 10. The van der Waals surface area contributed by atoms with Crippen molar-refractivity contribution in [2.24, 2.45) is 0 Å². The third-order valence-corrected chi connectivity index (χ3v) is 9.97. The zero-order valence-corrected chi connectivity index (χ0v) is 16.5. The second kappa shape index (κ2) is 9.11. The molecule has 1 radical (unpaired) electrons. The largest absolute Gasteiger partial charge is 0.569 e. The van der Waals surface area contributed by atoms with Crippen molar-refractivity contribution >= 4 is 27.3 Å². The molecule has 22 heavy (non-hydrogen) atoms. The maximum absolute atomic E-state index is 8.58. The van der Waals surface area contributed by atoms with Gasteiger partial charge in [0.2, 0.25) is 0 Å². The van der Waals surface area contributed by atoms with E-state index in [-0.39, 0.29) is 0 Å². The minimum absolute atomic E-state index is 0.304. The maximum Gasteiger partial charge on any atom is 0.569 e. The SMILES string of the molecule is CC(C)(C)[Si](C)(C)OCCCCCCc1ccc(O[B]O)s1. The molecule has 125 valence electrons. The van der Waals surface area contributed by atoms with Crippen LogP contribution in [0.1, 0.15) is 51.3 Å². The van der Waals surface area contributed by atoms with Crippen LogP contribution < -0.4 is 4.65 Å². The highest BCUT2D eigenvalue weighted by Crippen LogP contribution is 2.36. The minimum Gasteiger partial charge on any atom is -0.530 e. The van der Waals surface area contributed by atoms with E-state index in [0.717, 1.165) is 32.2 Å². The fourth-order valence-electron chi connectivity index (χ4n) is 1.91. The van der Waals surface area contributed by atoms with Gasteiger partial charge in [0.15, 0.2) is 13.4 Å². The molecule has 1 aromatic rings. The molecule has 6 heteroatoms. The van der Waals surface area contributed by atoms with Crippen molar-refractivity contribution < 1.29 is 14.1 Å². The first-order valence-electron chi connectivity index (χ1n) is 8.11. The van der Waals surface area contributed by atoms with E-state index in [1.54, 1.807) is 11.3 Å². The molecule has 0 spiro atoms. The number of thiophene rings is 1. The molecule has 0 fully saturated rings. The molecule has 0 saturated carbocycles. The first-order valence-corrected chi connectivity index (χ1v) is 11.8. The molecule has 0 unspecified atom stereocenters. The molecule has 0 aliphatic carbocycles. The Balaban J connectivity index is 2.08. The van der Waals surface area contributed by atoms with Gasteiger partial charge < -0.3 is 14.1 Å². The standard InChI is InChI=1S/C16H30BO3SSi/c1-16(2,3)22(4,5)19-13-9-7-6-8-10-14-11-12-15(21-14)20-17-18/h11-12,18H,6-10,13H2,1-5H3. The van der Waals surface area contributed by atoms with E-state index >= 15 is 0 Å². The molecule has 1 heterocycles. The van der Waals surface area contributed by atoms with Gasteiger partial charge in [0, 0.05) is 11.5 Å². The third kappa shape index (κ3) is 6.86. The molecule has 0 atom stereocenters. The summed E-state index contributed by atoms with van der Waals surface area (Å²) < 4.78 is 11.1. The van der Waals surface area contributed by atoms with Crippen LogP contribution in [0.3, 0.4) is 0 Å². The summed E-state index contributed by atoms with van der Waals surface area (Å²) in [6.07, 6.45) is 5.91. The zero-order chi connectivity index (χ0) is 16.6. The van der Waals surface area contributed by atoms with Crippen molar-refractivity contribution in [2.75, 3.05) is 6.61 Å². The first kappa shape index (κ1) is 19.7. The lowest BCUT2D eigenvalue weighted by Crippen LogP contribution is -2.40. The summed E-state index contributed by atoms with van der Waals surface area (Å²) >= 11 is 1.60. The van der Waals surface area contributed by atoms with Gasteiger partial charge in [-0.15, -0.1) is 11.3 Å². The van der Waals surface area contributed by atoms with Crippen LogP contribution in [-0.4, -0.2) is 27.6 Å². The Morgan fingerprint density at radius 1 is 1.14 bits per heavy atom. The second-order valence-corrected chi connectivity index (χ2v) is 13.2. The van der Waals surface area contributed by atoms with E-state index in [0.29, 0.717) is 5.04 Å². The van der Waals surface area contributed by atoms with Crippen LogP contribution in [0.2, 0.25) is 18.1 Å². The Kier molecular flexibility index (Phi) is 8.18. The predicted octanol–water partition coefficient (Wildman–Crippen LogP) is 4.78. The average Bonchev–Trinajstić information content (AvgIpc) is 2.84. The normalized spacial score (nSPS) is 12.5. The molecule has 0 aliphatic rings. The van der Waals surface area contributed by atoms with Crippen LogP contribution in [0.25, 0.3) is 0 Å². The quantitative estimate of drug-likeness (QED) is 0.492. The topological polar surface area (TPSA) is 38.7 Å². The van der Waals surface area contributed by atoms with E-state index < -0.39 is 8.32 Å². The lowest BCUT2D eigenvalue weighted by Gasteiger charge is -2.36. The fourth-order valence-corrected chi connectivity index (χ4v) is 3.86. The summed E-state index contributed by atoms with van der Waals surface area (Å²) in [5.41, 5.74) is 0. The molecular formula is C16H30BO3SSi. The van der Waals surface area contributed by atoms with Crippen molar-refractivity contribution in [3.05, 3.63) is 17.0 Å². The van der Waals surface area contributed by atoms with Crippen LogP contribution in [0.4, 0.5) is 0 Å². The van der Waals surface area contributed by atoms with E-state index in [1.807, 2.05) is 6.07 Å². The predicted molar refractivity (Wildman–Crippen MR) is 98.2 cm³/mol. The van der Waals surface area contributed by atoms with Crippen LogP contribution in [0.15, 0.2) is 12.1 Å².